The van der Waals surface area contributed by atoms with Crippen molar-refractivity contribution in [1.29, 1.82) is 0 Å². The lowest BCUT2D eigenvalue weighted by Crippen LogP contribution is -2.45. The molecule has 6 nitrogen and oxygen atoms in total. The zero-order chi connectivity index (χ0) is 13.0. The summed E-state index contributed by atoms with van der Waals surface area (Å²) in [4.78, 5) is 11.7. The van der Waals surface area contributed by atoms with Crippen molar-refractivity contribution in [2.45, 2.75) is 25.6 Å². The molecule has 1 fully saturated rings. The maximum absolute atomic E-state index is 11.7. The van der Waals surface area contributed by atoms with Gasteiger partial charge in [0.1, 0.15) is 5.75 Å². The van der Waals surface area contributed by atoms with Gasteiger partial charge in [-0.3, -0.25) is 5.43 Å². The highest BCUT2D eigenvalue weighted by Crippen LogP contribution is 2.14. The average Bonchev–Trinajstić information content (AvgIpc) is 2.75. The van der Waals surface area contributed by atoms with E-state index in [1.54, 1.807) is 31.4 Å². The Hall–Kier alpha value is -1.79. The van der Waals surface area contributed by atoms with Gasteiger partial charge in [-0.15, -0.1) is 0 Å². The molecular formula is C12H18N4O2. The fourth-order valence-corrected chi connectivity index (χ4v) is 1.81. The molecule has 1 aromatic rings. The number of hydrazine groups is 1. The highest BCUT2D eigenvalue weighted by Gasteiger charge is 2.21. The van der Waals surface area contributed by atoms with Crippen LogP contribution in [-0.4, -0.2) is 25.3 Å². The Morgan fingerprint density at radius 3 is 2.61 bits per heavy atom. The van der Waals surface area contributed by atoms with E-state index in [9.17, 15) is 4.79 Å². The number of anilines is 1. The van der Waals surface area contributed by atoms with E-state index in [4.69, 9.17) is 4.74 Å². The third kappa shape index (κ3) is 3.35. The van der Waals surface area contributed by atoms with Crippen LogP contribution in [0.25, 0.3) is 0 Å². The van der Waals surface area contributed by atoms with Crippen LogP contribution in [-0.2, 0) is 0 Å². The van der Waals surface area contributed by atoms with E-state index in [0.29, 0.717) is 6.04 Å². The molecule has 0 aliphatic carbocycles. The summed E-state index contributed by atoms with van der Waals surface area (Å²) in [7, 11) is 1.61. The highest BCUT2D eigenvalue weighted by atomic mass is 16.5. The number of amides is 2. The number of urea groups is 1. The molecule has 2 rings (SSSR count). The normalized spacial score (nSPS) is 22.6. The summed E-state index contributed by atoms with van der Waals surface area (Å²) >= 11 is 0. The Bertz CT molecular complexity index is 407. The number of hydrogen-bond acceptors (Lipinski definition) is 4. The van der Waals surface area contributed by atoms with Crippen molar-refractivity contribution in [3.05, 3.63) is 24.3 Å². The Balaban J connectivity index is 1.83. The zero-order valence-electron chi connectivity index (χ0n) is 10.5. The number of methoxy groups -OCH3 is 1. The topological polar surface area (TPSA) is 74.4 Å². The second kappa shape index (κ2) is 5.70. The predicted octanol–water partition coefficient (Wildman–Crippen LogP) is 1.03. The van der Waals surface area contributed by atoms with Crippen LogP contribution in [0, 0.1) is 0 Å². The van der Waals surface area contributed by atoms with Crippen LogP contribution in [0.4, 0.5) is 10.5 Å². The lowest BCUT2D eigenvalue weighted by molar-refractivity contribution is 0.247. The van der Waals surface area contributed by atoms with Gasteiger partial charge in [-0.2, -0.15) is 0 Å². The maximum Gasteiger partial charge on any atom is 0.320 e. The lowest BCUT2D eigenvalue weighted by atomic mass is 10.2. The number of hydrogen-bond donors (Lipinski definition) is 4. The summed E-state index contributed by atoms with van der Waals surface area (Å²) in [6.07, 6.45) is 0.814. The largest absolute Gasteiger partial charge is 0.497 e. The van der Waals surface area contributed by atoms with Gasteiger partial charge in [-0.25, -0.2) is 10.2 Å². The van der Waals surface area contributed by atoms with Crippen molar-refractivity contribution in [2.75, 3.05) is 12.4 Å². The minimum Gasteiger partial charge on any atom is -0.497 e. The summed E-state index contributed by atoms with van der Waals surface area (Å²) in [5.74, 6) is 0.761. The Morgan fingerprint density at radius 1 is 1.33 bits per heavy atom. The summed E-state index contributed by atoms with van der Waals surface area (Å²) in [5.41, 5.74) is 6.77. The second-order valence-corrected chi connectivity index (χ2v) is 4.30. The van der Waals surface area contributed by atoms with Crippen LogP contribution in [0.3, 0.4) is 0 Å². The van der Waals surface area contributed by atoms with Crippen molar-refractivity contribution in [1.82, 2.24) is 16.2 Å². The van der Waals surface area contributed by atoms with Gasteiger partial charge >= 0.3 is 6.03 Å². The minimum atomic E-state index is -0.228. The Labute approximate surface area is 106 Å². The van der Waals surface area contributed by atoms with Gasteiger partial charge in [0.2, 0.25) is 0 Å². The molecule has 0 spiro atoms. The fourth-order valence-electron chi connectivity index (χ4n) is 1.81. The third-order valence-corrected chi connectivity index (χ3v) is 2.75. The van der Waals surface area contributed by atoms with Crippen molar-refractivity contribution < 1.29 is 9.53 Å². The molecule has 18 heavy (non-hydrogen) atoms. The fraction of sp³-hybridized carbons (Fsp3) is 0.417. The first-order valence-electron chi connectivity index (χ1n) is 5.90. The van der Waals surface area contributed by atoms with E-state index in [2.05, 4.69) is 28.4 Å². The molecule has 4 N–H and O–H groups in total. The molecule has 2 amide bonds. The predicted molar refractivity (Wildman–Crippen MR) is 69.3 cm³/mol. The quantitative estimate of drug-likeness (QED) is 0.646. The van der Waals surface area contributed by atoms with Crippen molar-refractivity contribution >= 4 is 11.7 Å². The third-order valence-electron chi connectivity index (χ3n) is 2.75. The Morgan fingerprint density at radius 2 is 2.06 bits per heavy atom. The van der Waals surface area contributed by atoms with Gasteiger partial charge in [-0.05, 0) is 37.6 Å². The lowest BCUT2D eigenvalue weighted by Gasteiger charge is -2.13. The molecule has 2 unspecified atom stereocenters. The van der Waals surface area contributed by atoms with Gasteiger partial charge in [0.05, 0.1) is 13.3 Å². The zero-order valence-corrected chi connectivity index (χ0v) is 10.5. The highest BCUT2D eigenvalue weighted by molar-refractivity contribution is 5.89. The molecule has 1 heterocycles. The molecule has 0 bridgehead atoms. The second-order valence-electron chi connectivity index (χ2n) is 4.30. The number of carbonyl (C=O) groups excluding carboxylic acids is 1. The van der Waals surface area contributed by atoms with Crippen LogP contribution in [0.2, 0.25) is 0 Å². The summed E-state index contributed by atoms with van der Waals surface area (Å²) < 4.78 is 5.05. The van der Waals surface area contributed by atoms with E-state index >= 15 is 0 Å². The van der Waals surface area contributed by atoms with Gasteiger partial charge in [0, 0.05) is 11.7 Å². The molecule has 0 radical (unpaired) electrons. The van der Waals surface area contributed by atoms with Crippen molar-refractivity contribution in [3.63, 3.8) is 0 Å². The molecule has 6 heteroatoms. The van der Waals surface area contributed by atoms with Gasteiger partial charge in [0.25, 0.3) is 0 Å². The summed E-state index contributed by atoms with van der Waals surface area (Å²) in [6.45, 7) is 2.05. The molecule has 1 aromatic carbocycles. The summed E-state index contributed by atoms with van der Waals surface area (Å²) in [5, 5.41) is 5.59. The minimum absolute atomic E-state index is 0.0433. The molecule has 0 saturated carbocycles. The van der Waals surface area contributed by atoms with Gasteiger partial charge in [-0.1, -0.05) is 0 Å². The van der Waals surface area contributed by atoms with Crippen LogP contribution in [0.5, 0.6) is 5.75 Å². The van der Waals surface area contributed by atoms with E-state index < -0.39 is 0 Å². The van der Waals surface area contributed by atoms with Crippen molar-refractivity contribution in [3.8, 4) is 5.75 Å². The summed E-state index contributed by atoms with van der Waals surface area (Å²) in [6, 6.07) is 7.31. The number of carbonyl (C=O) groups is 1. The first-order chi connectivity index (χ1) is 8.67. The number of ether oxygens (including phenoxy) is 1. The SMILES string of the molecule is COc1ccc(NC(=O)NC2CC(C)NN2)cc1. The van der Waals surface area contributed by atoms with Crippen LogP contribution >= 0.6 is 0 Å². The Kier molecular flexibility index (Phi) is 4.01. The van der Waals surface area contributed by atoms with Crippen LogP contribution in [0.15, 0.2) is 24.3 Å². The monoisotopic (exact) mass is 250 g/mol. The molecule has 1 saturated heterocycles. The van der Waals surface area contributed by atoms with Crippen LogP contribution < -0.4 is 26.2 Å². The van der Waals surface area contributed by atoms with E-state index in [1.165, 1.54) is 0 Å². The average molecular weight is 250 g/mol. The van der Waals surface area contributed by atoms with E-state index in [-0.39, 0.29) is 12.2 Å². The maximum atomic E-state index is 11.7. The van der Waals surface area contributed by atoms with E-state index in [1.807, 2.05) is 0 Å². The van der Waals surface area contributed by atoms with Gasteiger partial charge < -0.3 is 15.4 Å². The number of nitrogens with one attached hydrogen (secondary N) is 4. The standard InChI is InChI=1S/C12H18N4O2/c1-8-7-11(16-15-8)14-12(17)13-9-3-5-10(18-2)6-4-9/h3-6,8,11,15-16H,7H2,1-2H3,(H2,13,14,17). The van der Waals surface area contributed by atoms with Crippen LogP contribution in [0.1, 0.15) is 13.3 Å². The smallest absolute Gasteiger partial charge is 0.320 e. The molecular weight excluding hydrogens is 232 g/mol. The molecule has 2 atom stereocenters. The number of rotatable bonds is 3. The molecule has 1 aliphatic heterocycles. The molecule has 0 aromatic heterocycles. The number of benzene rings is 1. The van der Waals surface area contributed by atoms with Crippen molar-refractivity contribution in [2.24, 2.45) is 0 Å². The van der Waals surface area contributed by atoms with Gasteiger partial charge in [0.15, 0.2) is 0 Å². The molecule has 1 aliphatic rings. The molecule has 98 valence electrons. The first kappa shape index (κ1) is 12.7. The van der Waals surface area contributed by atoms with E-state index in [0.717, 1.165) is 17.9 Å². The first-order valence-corrected chi connectivity index (χ1v) is 5.90.